The average molecular weight is 337 g/mol. The Labute approximate surface area is 150 Å². The molecule has 132 valence electrons. The minimum atomic E-state index is -0.115. The lowest BCUT2D eigenvalue weighted by molar-refractivity contribution is 0.366. The van der Waals surface area contributed by atoms with E-state index in [2.05, 4.69) is 36.2 Å². The fourth-order valence-electron chi connectivity index (χ4n) is 3.47. The summed E-state index contributed by atoms with van der Waals surface area (Å²) in [7, 11) is 3.74. The van der Waals surface area contributed by atoms with Gasteiger partial charge in [0.1, 0.15) is 11.8 Å². The standard InChI is InChI=1S/C21H27N3O/c1-24(18-10-6-7-11-18)21(22)23-20(16-8-4-3-5-9-16)17-12-14-19(25-2)15-13-17/h3-5,8-9,12-15,18,20H,6-7,10-11H2,1-2H3,(H2,22,23). The first kappa shape index (κ1) is 17.3. The van der Waals surface area contributed by atoms with Gasteiger partial charge in [-0.05, 0) is 36.1 Å². The first-order valence-electron chi connectivity index (χ1n) is 8.94. The molecule has 0 amide bonds. The van der Waals surface area contributed by atoms with Gasteiger partial charge in [0.15, 0.2) is 5.96 Å². The van der Waals surface area contributed by atoms with Crippen LogP contribution in [0.2, 0.25) is 0 Å². The van der Waals surface area contributed by atoms with Gasteiger partial charge in [0, 0.05) is 13.1 Å². The largest absolute Gasteiger partial charge is 0.497 e. The molecule has 1 fully saturated rings. The number of rotatable bonds is 5. The molecular weight excluding hydrogens is 310 g/mol. The van der Waals surface area contributed by atoms with Crippen molar-refractivity contribution in [2.24, 2.45) is 10.7 Å². The van der Waals surface area contributed by atoms with E-state index in [4.69, 9.17) is 15.5 Å². The molecular formula is C21H27N3O. The van der Waals surface area contributed by atoms with Crippen LogP contribution in [0.1, 0.15) is 42.9 Å². The molecule has 2 N–H and O–H groups in total. The lowest BCUT2D eigenvalue weighted by atomic mass is 9.99. The van der Waals surface area contributed by atoms with Crippen LogP contribution < -0.4 is 10.5 Å². The van der Waals surface area contributed by atoms with Gasteiger partial charge in [-0.25, -0.2) is 4.99 Å². The van der Waals surface area contributed by atoms with Gasteiger partial charge in [0.05, 0.1) is 7.11 Å². The third-order valence-electron chi connectivity index (χ3n) is 5.04. The van der Waals surface area contributed by atoms with Crippen LogP contribution in [0.25, 0.3) is 0 Å². The fourth-order valence-corrected chi connectivity index (χ4v) is 3.47. The number of methoxy groups -OCH3 is 1. The predicted molar refractivity (Wildman–Crippen MR) is 103 cm³/mol. The van der Waals surface area contributed by atoms with Crippen LogP contribution in [0.15, 0.2) is 59.6 Å². The number of nitrogens with zero attached hydrogens (tertiary/aromatic N) is 2. The second-order valence-electron chi connectivity index (χ2n) is 6.62. The Bertz CT molecular complexity index is 691. The highest BCUT2D eigenvalue weighted by Gasteiger charge is 2.22. The summed E-state index contributed by atoms with van der Waals surface area (Å²) in [4.78, 5) is 7.04. The lowest BCUT2D eigenvalue weighted by Gasteiger charge is -2.26. The summed E-state index contributed by atoms with van der Waals surface area (Å²) >= 11 is 0. The molecule has 25 heavy (non-hydrogen) atoms. The van der Waals surface area contributed by atoms with Crippen LogP contribution in [0.4, 0.5) is 0 Å². The first-order valence-corrected chi connectivity index (χ1v) is 8.94. The summed E-state index contributed by atoms with van der Waals surface area (Å²) in [5.41, 5.74) is 8.62. The summed E-state index contributed by atoms with van der Waals surface area (Å²) in [6, 6.07) is 18.7. The van der Waals surface area contributed by atoms with Crippen LogP contribution >= 0.6 is 0 Å². The van der Waals surface area contributed by atoms with Crippen LogP contribution in [0.5, 0.6) is 5.75 Å². The Morgan fingerprint density at radius 1 is 1.04 bits per heavy atom. The highest BCUT2D eigenvalue weighted by atomic mass is 16.5. The third-order valence-corrected chi connectivity index (χ3v) is 5.04. The Balaban J connectivity index is 1.91. The van der Waals surface area contributed by atoms with E-state index in [9.17, 15) is 0 Å². The van der Waals surface area contributed by atoms with E-state index in [0.29, 0.717) is 12.0 Å². The SMILES string of the molecule is COc1ccc(C(N=C(N)N(C)C2CCCC2)c2ccccc2)cc1. The van der Waals surface area contributed by atoms with Crippen molar-refractivity contribution in [3.63, 3.8) is 0 Å². The molecule has 0 aliphatic heterocycles. The quantitative estimate of drug-likeness (QED) is 0.663. The average Bonchev–Trinajstić information content (AvgIpc) is 3.21. The normalized spacial score (nSPS) is 16.6. The third kappa shape index (κ3) is 4.13. The molecule has 0 saturated heterocycles. The van der Waals surface area contributed by atoms with Gasteiger partial charge in [-0.15, -0.1) is 0 Å². The Morgan fingerprint density at radius 2 is 1.64 bits per heavy atom. The molecule has 0 spiro atoms. The Hall–Kier alpha value is -2.49. The minimum absolute atomic E-state index is 0.115. The zero-order valence-corrected chi connectivity index (χ0v) is 15.1. The zero-order chi connectivity index (χ0) is 17.6. The second kappa shape index (κ2) is 8.06. The molecule has 1 aliphatic carbocycles. The fraction of sp³-hybridized carbons (Fsp3) is 0.381. The van der Waals surface area contributed by atoms with E-state index in [-0.39, 0.29) is 6.04 Å². The van der Waals surface area contributed by atoms with Crippen LogP contribution in [0, 0.1) is 0 Å². The van der Waals surface area contributed by atoms with Gasteiger partial charge in [0.25, 0.3) is 0 Å². The maximum Gasteiger partial charge on any atom is 0.192 e. The number of hydrogen-bond acceptors (Lipinski definition) is 2. The number of aliphatic imine (C=N–C) groups is 1. The molecule has 0 radical (unpaired) electrons. The maximum atomic E-state index is 6.38. The zero-order valence-electron chi connectivity index (χ0n) is 15.1. The highest BCUT2D eigenvalue weighted by molar-refractivity contribution is 5.78. The maximum absolute atomic E-state index is 6.38. The number of ether oxygens (including phenoxy) is 1. The van der Waals surface area contributed by atoms with Crippen molar-refractivity contribution in [3.05, 3.63) is 65.7 Å². The van der Waals surface area contributed by atoms with Crippen molar-refractivity contribution >= 4 is 5.96 Å². The van der Waals surface area contributed by atoms with Crippen LogP contribution in [-0.4, -0.2) is 31.1 Å². The van der Waals surface area contributed by atoms with Gasteiger partial charge in [-0.3, -0.25) is 0 Å². The molecule has 1 unspecified atom stereocenters. The van der Waals surface area contributed by atoms with E-state index in [0.717, 1.165) is 16.9 Å². The number of hydrogen-bond donors (Lipinski definition) is 1. The number of nitrogens with two attached hydrogens (primary N) is 1. The number of benzene rings is 2. The molecule has 0 bridgehead atoms. The van der Waals surface area contributed by atoms with Crippen molar-refractivity contribution in [2.45, 2.75) is 37.8 Å². The van der Waals surface area contributed by atoms with Gasteiger partial charge in [-0.1, -0.05) is 55.3 Å². The minimum Gasteiger partial charge on any atom is -0.497 e. The lowest BCUT2D eigenvalue weighted by Crippen LogP contribution is -2.40. The van der Waals surface area contributed by atoms with Crippen molar-refractivity contribution in [1.29, 1.82) is 0 Å². The van der Waals surface area contributed by atoms with Gasteiger partial charge in [-0.2, -0.15) is 0 Å². The molecule has 1 atom stereocenters. The van der Waals surface area contributed by atoms with E-state index in [1.165, 1.54) is 25.7 Å². The monoisotopic (exact) mass is 337 g/mol. The molecule has 0 heterocycles. The Morgan fingerprint density at radius 3 is 2.24 bits per heavy atom. The van der Waals surface area contributed by atoms with Crippen molar-refractivity contribution in [2.75, 3.05) is 14.2 Å². The summed E-state index contributed by atoms with van der Waals surface area (Å²) in [6.45, 7) is 0. The molecule has 1 aliphatic rings. The first-order chi connectivity index (χ1) is 12.2. The van der Waals surface area contributed by atoms with Crippen molar-refractivity contribution in [3.8, 4) is 5.75 Å². The summed E-state index contributed by atoms with van der Waals surface area (Å²) in [5, 5.41) is 0. The predicted octanol–water partition coefficient (Wildman–Crippen LogP) is 3.97. The van der Waals surface area contributed by atoms with E-state index in [1.54, 1.807) is 7.11 Å². The summed E-state index contributed by atoms with van der Waals surface area (Å²) in [6.07, 6.45) is 4.96. The molecule has 2 aromatic rings. The second-order valence-corrected chi connectivity index (χ2v) is 6.62. The highest BCUT2D eigenvalue weighted by Crippen LogP contribution is 2.28. The van der Waals surface area contributed by atoms with Gasteiger partial charge < -0.3 is 15.4 Å². The summed E-state index contributed by atoms with van der Waals surface area (Å²) < 4.78 is 5.27. The topological polar surface area (TPSA) is 50.9 Å². The molecule has 1 saturated carbocycles. The van der Waals surface area contributed by atoms with Crippen LogP contribution in [-0.2, 0) is 0 Å². The molecule has 4 nitrogen and oxygen atoms in total. The summed E-state index contributed by atoms with van der Waals surface area (Å²) in [5.74, 6) is 1.45. The molecule has 4 heteroatoms. The smallest absolute Gasteiger partial charge is 0.192 e. The van der Waals surface area contributed by atoms with Crippen molar-refractivity contribution < 1.29 is 4.74 Å². The van der Waals surface area contributed by atoms with Gasteiger partial charge >= 0.3 is 0 Å². The number of guanidine groups is 1. The van der Waals surface area contributed by atoms with Crippen molar-refractivity contribution in [1.82, 2.24) is 4.90 Å². The van der Waals surface area contributed by atoms with E-state index < -0.39 is 0 Å². The Kier molecular flexibility index (Phi) is 5.59. The van der Waals surface area contributed by atoms with Gasteiger partial charge in [0.2, 0.25) is 0 Å². The van der Waals surface area contributed by atoms with E-state index >= 15 is 0 Å². The molecule has 0 aromatic heterocycles. The molecule has 3 rings (SSSR count). The molecule has 2 aromatic carbocycles. The van der Waals surface area contributed by atoms with Crippen LogP contribution in [0.3, 0.4) is 0 Å². The van der Waals surface area contributed by atoms with E-state index in [1.807, 2.05) is 30.3 Å².